The van der Waals surface area contributed by atoms with Crippen LogP contribution in [0.2, 0.25) is 0 Å². The number of amides is 2. The Labute approximate surface area is 166 Å². The highest BCUT2D eigenvalue weighted by Crippen LogP contribution is 2.44. The Balaban J connectivity index is 1.24. The van der Waals surface area contributed by atoms with Gasteiger partial charge >= 0.3 is 0 Å². The minimum atomic E-state index is -0.123. The van der Waals surface area contributed by atoms with Crippen LogP contribution in [0.25, 0.3) is 0 Å². The van der Waals surface area contributed by atoms with Crippen molar-refractivity contribution in [2.24, 2.45) is 17.8 Å². The zero-order valence-corrected chi connectivity index (χ0v) is 16.8. The third-order valence-corrected chi connectivity index (χ3v) is 7.70. The van der Waals surface area contributed by atoms with Crippen molar-refractivity contribution in [3.05, 3.63) is 23.7 Å². The molecule has 4 heterocycles. The van der Waals surface area contributed by atoms with E-state index in [2.05, 4.69) is 10.2 Å². The number of piperidine rings is 1. The summed E-state index contributed by atoms with van der Waals surface area (Å²) in [5.74, 6) is 2.75. The maximum absolute atomic E-state index is 12.7. The van der Waals surface area contributed by atoms with E-state index < -0.39 is 0 Å². The van der Waals surface area contributed by atoms with Crippen LogP contribution in [0.5, 0.6) is 0 Å². The van der Waals surface area contributed by atoms with Gasteiger partial charge in [0.05, 0.1) is 5.92 Å². The SMILES string of the molecule is Cc1ccc(C(=O)N2CCC3(CC2)NC(=O)[C@@H]2CN(CC4CCCC4)C[C@@H]23)o1. The topological polar surface area (TPSA) is 65.8 Å². The van der Waals surface area contributed by atoms with Crippen molar-refractivity contribution in [2.45, 2.75) is 51.0 Å². The van der Waals surface area contributed by atoms with Gasteiger partial charge in [-0.1, -0.05) is 12.8 Å². The molecule has 6 heteroatoms. The molecule has 0 aromatic carbocycles. The summed E-state index contributed by atoms with van der Waals surface area (Å²) in [5.41, 5.74) is -0.123. The molecule has 0 bridgehead atoms. The number of aryl methyl sites for hydroxylation is 1. The fourth-order valence-electron chi connectivity index (χ4n) is 6.16. The number of nitrogens with zero attached hydrogens (tertiary/aromatic N) is 2. The third-order valence-electron chi connectivity index (χ3n) is 7.70. The molecule has 6 nitrogen and oxygen atoms in total. The molecule has 0 unspecified atom stereocenters. The second kappa shape index (κ2) is 6.90. The van der Waals surface area contributed by atoms with Gasteiger partial charge in [0.15, 0.2) is 5.76 Å². The Kier molecular flexibility index (Phi) is 4.49. The zero-order chi connectivity index (χ0) is 19.3. The first-order valence-corrected chi connectivity index (χ1v) is 10.9. The standard InChI is InChI=1S/C22H31N3O3/c1-15-6-7-19(28-15)21(27)25-10-8-22(9-11-25)18-14-24(12-16-4-2-3-5-16)13-17(18)20(26)23-22/h6-7,16-18H,2-5,8-14H2,1H3,(H,23,26)/t17-,18+/m1/s1. The van der Waals surface area contributed by atoms with Gasteiger partial charge in [0, 0.05) is 44.2 Å². The molecule has 2 amide bonds. The smallest absolute Gasteiger partial charge is 0.289 e. The van der Waals surface area contributed by atoms with Crippen LogP contribution in [0.3, 0.4) is 0 Å². The van der Waals surface area contributed by atoms with Crippen LogP contribution in [-0.2, 0) is 4.79 Å². The van der Waals surface area contributed by atoms with Gasteiger partial charge in [-0.25, -0.2) is 0 Å². The van der Waals surface area contributed by atoms with E-state index in [-0.39, 0.29) is 23.3 Å². The molecule has 1 N–H and O–H groups in total. The number of hydrogen-bond acceptors (Lipinski definition) is 4. The van der Waals surface area contributed by atoms with Gasteiger partial charge < -0.3 is 19.5 Å². The van der Waals surface area contributed by atoms with Crippen LogP contribution in [0.15, 0.2) is 16.5 Å². The Morgan fingerprint density at radius 1 is 1.21 bits per heavy atom. The van der Waals surface area contributed by atoms with Crippen LogP contribution in [-0.4, -0.2) is 59.9 Å². The monoisotopic (exact) mass is 385 g/mol. The fraction of sp³-hybridized carbons (Fsp3) is 0.727. The van der Waals surface area contributed by atoms with Gasteiger partial charge in [0.1, 0.15) is 5.76 Å². The lowest BCUT2D eigenvalue weighted by molar-refractivity contribution is -0.123. The van der Waals surface area contributed by atoms with E-state index >= 15 is 0 Å². The lowest BCUT2D eigenvalue weighted by Crippen LogP contribution is -2.56. The lowest BCUT2D eigenvalue weighted by Gasteiger charge is -2.42. The summed E-state index contributed by atoms with van der Waals surface area (Å²) in [4.78, 5) is 29.8. The minimum Gasteiger partial charge on any atom is -0.456 e. The highest BCUT2D eigenvalue weighted by atomic mass is 16.3. The molecule has 4 fully saturated rings. The first-order valence-electron chi connectivity index (χ1n) is 10.9. The van der Waals surface area contributed by atoms with Crippen LogP contribution in [0, 0.1) is 24.7 Å². The predicted molar refractivity (Wildman–Crippen MR) is 105 cm³/mol. The summed E-state index contributed by atoms with van der Waals surface area (Å²) in [6.07, 6.45) is 7.15. The highest BCUT2D eigenvalue weighted by Gasteiger charge is 2.57. The van der Waals surface area contributed by atoms with Crippen molar-refractivity contribution in [2.75, 3.05) is 32.7 Å². The quantitative estimate of drug-likeness (QED) is 0.868. The molecular weight excluding hydrogens is 354 g/mol. The van der Waals surface area contributed by atoms with E-state index in [1.807, 2.05) is 17.9 Å². The van der Waals surface area contributed by atoms with Gasteiger partial charge in [0.25, 0.3) is 5.91 Å². The number of carbonyl (C=O) groups excluding carboxylic acids is 2. The molecule has 1 spiro atoms. The first kappa shape index (κ1) is 18.2. The van der Waals surface area contributed by atoms with Crippen molar-refractivity contribution < 1.29 is 14.0 Å². The predicted octanol–water partition coefficient (Wildman–Crippen LogP) is 2.43. The van der Waals surface area contributed by atoms with E-state index in [4.69, 9.17) is 4.42 Å². The van der Waals surface area contributed by atoms with Gasteiger partial charge in [0.2, 0.25) is 5.91 Å². The number of fused-ring (bicyclic) bond motifs is 2. The average molecular weight is 386 g/mol. The lowest BCUT2D eigenvalue weighted by atomic mass is 9.75. The third kappa shape index (κ3) is 3.06. The summed E-state index contributed by atoms with van der Waals surface area (Å²) < 4.78 is 5.51. The maximum atomic E-state index is 12.7. The molecule has 1 saturated carbocycles. The molecule has 2 atom stereocenters. The molecule has 4 aliphatic rings. The Hall–Kier alpha value is -1.82. The fourth-order valence-corrected chi connectivity index (χ4v) is 6.16. The van der Waals surface area contributed by atoms with E-state index in [1.54, 1.807) is 6.07 Å². The summed E-state index contributed by atoms with van der Waals surface area (Å²) in [7, 11) is 0. The van der Waals surface area contributed by atoms with Gasteiger partial charge in [-0.2, -0.15) is 0 Å². The highest BCUT2D eigenvalue weighted by molar-refractivity contribution is 5.91. The molecule has 1 aromatic heterocycles. The molecular formula is C22H31N3O3. The molecule has 5 rings (SSSR count). The Morgan fingerprint density at radius 3 is 2.64 bits per heavy atom. The number of carbonyl (C=O) groups is 2. The van der Waals surface area contributed by atoms with E-state index in [0.717, 1.165) is 37.6 Å². The zero-order valence-electron chi connectivity index (χ0n) is 16.8. The summed E-state index contributed by atoms with van der Waals surface area (Å²) in [6.45, 7) is 6.34. The summed E-state index contributed by atoms with van der Waals surface area (Å²) in [5, 5.41) is 3.36. The second-order valence-electron chi connectivity index (χ2n) is 9.43. The number of rotatable bonds is 3. The van der Waals surface area contributed by atoms with E-state index in [1.165, 1.54) is 32.2 Å². The first-order chi connectivity index (χ1) is 13.5. The van der Waals surface area contributed by atoms with Crippen LogP contribution < -0.4 is 5.32 Å². The van der Waals surface area contributed by atoms with E-state index in [9.17, 15) is 9.59 Å². The van der Waals surface area contributed by atoms with Crippen LogP contribution in [0.1, 0.15) is 54.8 Å². The van der Waals surface area contributed by atoms with Gasteiger partial charge in [-0.15, -0.1) is 0 Å². The summed E-state index contributed by atoms with van der Waals surface area (Å²) in [6, 6.07) is 3.59. The second-order valence-corrected chi connectivity index (χ2v) is 9.43. The number of nitrogens with one attached hydrogen (secondary N) is 1. The van der Waals surface area contributed by atoms with Crippen LogP contribution >= 0.6 is 0 Å². The molecule has 152 valence electrons. The number of hydrogen-bond donors (Lipinski definition) is 1. The van der Waals surface area contributed by atoms with Gasteiger partial charge in [-0.05, 0) is 50.7 Å². The molecule has 28 heavy (non-hydrogen) atoms. The molecule has 1 aromatic rings. The van der Waals surface area contributed by atoms with Crippen molar-refractivity contribution in [3.63, 3.8) is 0 Å². The average Bonchev–Trinajstić information content (AvgIpc) is 3.45. The Morgan fingerprint density at radius 2 is 1.96 bits per heavy atom. The molecule has 3 saturated heterocycles. The summed E-state index contributed by atoms with van der Waals surface area (Å²) >= 11 is 0. The number of likely N-dealkylation sites (tertiary alicyclic amines) is 2. The van der Waals surface area contributed by atoms with Crippen molar-refractivity contribution in [3.8, 4) is 0 Å². The normalized spacial score (nSPS) is 30.2. The van der Waals surface area contributed by atoms with Crippen molar-refractivity contribution in [1.29, 1.82) is 0 Å². The van der Waals surface area contributed by atoms with Crippen LogP contribution in [0.4, 0.5) is 0 Å². The Bertz CT molecular complexity index is 759. The number of furan rings is 1. The van der Waals surface area contributed by atoms with Gasteiger partial charge in [-0.3, -0.25) is 9.59 Å². The van der Waals surface area contributed by atoms with Crippen molar-refractivity contribution in [1.82, 2.24) is 15.1 Å². The minimum absolute atomic E-state index is 0.0295. The largest absolute Gasteiger partial charge is 0.456 e. The maximum Gasteiger partial charge on any atom is 0.289 e. The molecule has 3 aliphatic heterocycles. The molecule has 1 aliphatic carbocycles. The van der Waals surface area contributed by atoms with Crippen molar-refractivity contribution >= 4 is 11.8 Å². The molecule has 0 radical (unpaired) electrons. The van der Waals surface area contributed by atoms with E-state index in [0.29, 0.717) is 24.8 Å².